The lowest BCUT2D eigenvalue weighted by molar-refractivity contribution is 0.122. The van der Waals surface area contributed by atoms with Gasteiger partial charge in [0, 0.05) is 24.0 Å². The predicted molar refractivity (Wildman–Crippen MR) is 82.8 cm³/mol. The van der Waals surface area contributed by atoms with Crippen molar-refractivity contribution in [2.45, 2.75) is 19.9 Å². The highest BCUT2D eigenvalue weighted by molar-refractivity contribution is 7.19. The number of halogens is 1. The Morgan fingerprint density at radius 3 is 2.70 bits per heavy atom. The van der Waals surface area contributed by atoms with Crippen LogP contribution in [0.2, 0.25) is 5.28 Å². The molecule has 1 atom stereocenters. The normalized spacial score (nSPS) is 17.7. The topological polar surface area (TPSA) is 64.3 Å². The lowest BCUT2D eigenvalue weighted by Crippen LogP contribution is -2.36. The van der Waals surface area contributed by atoms with Crippen LogP contribution in [0.5, 0.6) is 0 Å². The van der Waals surface area contributed by atoms with E-state index in [4.69, 9.17) is 22.1 Å². The van der Waals surface area contributed by atoms with Gasteiger partial charge >= 0.3 is 0 Å². The quantitative estimate of drug-likeness (QED) is 0.863. The van der Waals surface area contributed by atoms with E-state index in [1.165, 1.54) is 0 Å². The molecular weight excluding hydrogens is 296 g/mol. The second kappa shape index (κ2) is 5.44. The van der Waals surface area contributed by atoms with Crippen molar-refractivity contribution in [1.82, 2.24) is 9.97 Å². The van der Waals surface area contributed by atoms with Crippen LogP contribution in [0, 0.1) is 6.92 Å². The zero-order valence-corrected chi connectivity index (χ0v) is 13.1. The molecule has 3 rings (SSSR count). The van der Waals surface area contributed by atoms with E-state index < -0.39 is 0 Å². The fourth-order valence-electron chi connectivity index (χ4n) is 2.49. The monoisotopic (exact) mass is 312 g/mol. The molecule has 1 unspecified atom stereocenters. The summed E-state index contributed by atoms with van der Waals surface area (Å²) < 4.78 is 6.47. The van der Waals surface area contributed by atoms with Gasteiger partial charge in [-0.25, -0.2) is 4.98 Å². The molecule has 1 saturated heterocycles. The largest absolute Gasteiger partial charge is 0.378 e. The number of hydrogen-bond donors (Lipinski definition) is 1. The van der Waals surface area contributed by atoms with E-state index >= 15 is 0 Å². The van der Waals surface area contributed by atoms with E-state index in [2.05, 4.69) is 14.9 Å². The Bertz CT molecular complexity index is 637. The number of anilines is 1. The van der Waals surface area contributed by atoms with Gasteiger partial charge in [0.1, 0.15) is 0 Å². The molecule has 2 aromatic heterocycles. The number of hydrogen-bond acceptors (Lipinski definition) is 6. The first kappa shape index (κ1) is 14.0. The molecule has 0 spiro atoms. The number of aromatic nitrogens is 2. The maximum Gasteiger partial charge on any atom is 0.224 e. The molecule has 5 nitrogen and oxygen atoms in total. The lowest BCUT2D eigenvalue weighted by atomic mass is 10.2. The van der Waals surface area contributed by atoms with Crippen molar-refractivity contribution >= 4 is 39.0 Å². The molecule has 108 valence electrons. The van der Waals surface area contributed by atoms with Crippen LogP contribution in [0.1, 0.15) is 23.4 Å². The molecule has 0 amide bonds. The van der Waals surface area contributed by atoms with Crippen molar-refractivity contribution in [3.05, 3.63) is 15.7 Å². The molecule has 0 aliphatic carbocycles. The maximum absolute atomic E-state index is 6.10. The Kier molecular flexibility index (Phi) is 3.81. The zero-order chi connectivity index (χ0) is 14.3. The van der Waals surface area contributed by atoms with Gasteiger partial charge < -0.3 is 15.4 Å². The van der Waals surface area contributed by atoms with Crippen LogP contribution in [0.3, 0.4) is 0 Å². The Balaban J connectivity index is 2.17. The van der Waals surface area contributed by atoms with Crippen molar-refractivity contribution in [2.24, 2.45) is 5.73 Å². The number of rotatable bonds is 2. The molecule has 0 aromatic carbocycles. The summed E-state index contributed by atoms with van der Waals surface area (Å²) in [5.41, 5.74) is 8.07. The number of fused-ring (bicyclic) bond motifs is 1. The molecule has 2 aromatic rings. The van der Waals surface area contributed by atoms with Gasteiger partial charge in [-0.15, -0.1) is 11.3 Å². The minimum Gasteiger partial charge on any atom is -0.378 e. The van der Waals surface area contributed by atoms with E-state index in [9.17, 15) is 0 Å². The third-order valence-electron chi connectivity index (χ3n) is 3.48. The average molecular weight is 313 g/mol. The highest BCUT2D eigenvalue weighted by atomic mass is 35.5. The van der Waals surface area contributed by atoms with Gasteiger partial charge in [-0.05, 0) is 31.0 Å². The first-order valence-electron chi connectivity index (χ1n) is 6.62. The molecular formula is C13H17ClN4OS. The summed E-state index contributed by atoms with van der Waals surface area (Å²) in [6.07, 6.45) is 0. The summed E-state index contributed by atoms with van der Waals surface area (Å²) in [6, 6.07) is -0.00878. The van der Waals surface area contributed by atoms with Crippen LogP contribution in [0.4, 0.5) is 5.82 Å². The zero-order valence-electron chi connectivity index (χ0n) is 11.5. The summed E-state index contributed by atoms with van der Waals surface area (Å²) in [5, 5.41) is 0.288. The average Bonchev–Trinajstić information content (AvgIpc) is 2.77. The summed E-state index contributed by atoms with van der Waals surface area (Å²) >= 11 is 7.77. The molecule has 3 heterocycles. The summed E-state index contributed by atoms with van der Waals surface area (Å²) in [6.45, 7) is 7.12. The van der Waals surface area contributed by atoms with Crippen molar-refractivity contribution in [1.29, 1.82) is 0 Å². The van der Waals surface area contributed by atoms with Crippen LogP contribution in [0.25, 0.3) is 10.2 Å². The minimum atomic E-state index is -0.00878. The number of thiophene rings is 1. The summed E-state index contributed by atoms with van der Waals surface area (Å²) in [4.78, 5) is 12.2. The van der Waals surface area contributed by atoms with Crippen LogP contribution in [0.15, 0.2) is 0 Å². The van der Waals surface area contributed by atoms with Gasteiger partial charge in [0.15, 0.2) is 5.82 Å². The van der Waals surface area contributed by atoms with Crippen LogP contribution >= 0.6 is 22.9 Å². The molecule has 0 radical (unpaired) electrons. The van der Waals surface area contributed by atoms with Gasteiger partial charge in [-0.3, -0.25) is 0 Å². The molecule has 2 N–H and O–H groups in total. The highest BCUT2D eigenvalue weighted by Crippen LogP contribution is 2.38. The molecule has 1 aliphatic rings. The smallest absolute Gasteiger partial charge is 0.224 e. The van der Waals surface area contributed by atoms with Crippen LogP contribution in [-0.4, -0.2) is 36.3 Å². The Labute approximate surface area is 126 Å². The Hall–Kier alpha value is -0.950. The molecule has 1 fully saturated rings. The van der Waals surface area contributed by atoms with Crippen LogP contribution in [-0.2, 0) is 4.74 Å². The van der Waals surface area contributed by atoms with Crippen molar-refractivity contribution < 1.29 is 4.74 Å². The first-order chi connectivity index (χ1) is 9.58. The fraction of sp³-hybridized carbons (Fsp3) is 0.538. The van der Waals surface area contributed by atoms with E-state index in [1.807, 2.05) is 13.8 Å². The third kappa shape index (κ3) is 2.37. The fourth-order valence-corrected chi connectivity index (χ4v) is 3.87. The van der Waals surface area contributed by atoms with Crippen molar-refractivity contribution in [3.63, 3.8) is 0 Å². The Morgan fingerprint density at radius 1 is 1.35 bits per heavy atom. The van der Waals surface area contributed by atoms with Gasteiger partial charge in [-0.1, -0.05) is 0 Å². The standard InChI is InChI=1S/C13H17ClN4OS/c1-7-9-11(20-10(7)8(2)15)12(17-13(14)16-9)18-3-5-19-6-4-18/h8H,3-6,15H2,1-2H3. The summed E-state index contributed by atoms with van der Waals surface area (Å²) in [5.74, 6) is 0.906. The third-order valence-corrected chi connectivity index (χ3v) is 5.13. The second-order valence-electron chi connectivity index (χ2n) is 4.97. The van der Waals surface area contributed by atoms with Crippen molar-refractivity contribution in [3.8, 4) is 0 Å². The van der Waals surface area contributed by atoms with E-state index in [-0.39, 0.29) is 11.3 Å². The highest BCUT2D eigenvalue weighted by Gasteiger charge is 2.22. The van der Waals surface area contributed by atoms with E-state index in [0.29, 0.717) is 13.2 Å². The van der Waals surface area contributed by atoms with Gasteiger partial charge in [0.05, 0.1) is 23.4 Å². The predicted octanol–water partition coefficient (Wildman–Crippen LogP) is 2.51. The molecule has 20 heavy (non-hydrogen) atoms. The SMILES string of the molecule is Cc1c(C(C)N)sc2c(N3CCOCC3)nc(Cl)nc12. The lowest BCUT2D eigenvalue weighted by Gasteiger charge is -2.28. The van der Waals surface area contributed by atoms with Gasteiger partial charge in [0.25, 0.3) is 0 Å². The number of ether oxygens (including phenoxy) is 1. The van der Waals surface area contributed by atoms with Gasteiger partial charge in [-0.2, -0.15) is 4.98 Å². The molecule has 0 bridgehead atoms. The number of nitrogens with two attached hydrogens (primary N) is 1. The van der Waals surface area contributed by atoms with E-state index in [1.54, 1.807) is 11.3 Å². The second-order valence-corrected chi connectivity index (χ2v) is 6.36. The number of morpholine rings is 1. The molecule has 0 saturated carbocycles. The van der Waals surface area contributed by atoms with Crippen molar-refractivity contribution in [2.75, 3.05) is 31.2 Å². The van der Waals surface area contributed by atoms with Gasteiger partial charge in [0.2, 0.25) is 5.28 Å². The maximum atomic E-state index is 6.10. The van der Waals surface area contributed by atoms with E-state index in [0.717, 1.165) is 39.6 Å². The Morgan fingerprint density at radius 2 is 2.05 bits per heavy atom. The minimum absolute atomic E-state index is 0.00878. The summed E-state index contributed by atoms with van der Waals surface area (Å²) in [7, 11) is 0. The number of nitrogens with zero attached hydrogens (tertiary/aromatic N) is 3. The number of aryl methyl sites for hydroxylation is 1. The first-order valence-corrected chi connectivity index (χ1v) is 7.82. The molecule has 1 aliphatic heterocycles. The van der Waals surface area contributed by atoms with Crippen LogP contribution < -0.4 is 10.6 Å². The molecule has 7 heteroatoms.